The molecular formula is C23H33N5O3. The lowest BCUT2D eigenvalue weighted by Crippen LogP contribution is -2.50. The molecule has 0 bridgehead atoms. The number of nitrogens with zero attached hydrogens (tertiary/aromatic N) is 4. The van der Waals surface area contributed by atoms with E-state index in [1.165, 1.54) is 0 Å². The van der Waals surface area contributed by atoms with Crippen molar-refractivity contribution >= 4 is 17.5 Å². The molecule has 8 heteroatoms. The van der Waals surface area contributed by atoms with Crippen molar-refractivity contribution in [2.45, 2.75) is 33.3 Å². The van der Waals surface area contributed by atoms with Crippen LogP contribution in [-0.4, -0.2) is 67.4 Å². The van der Waals surface area contributed by atoms with Crippen molar-refractivity contribution in [3.63, 3.8) is 0 Å². The maximum atomic E-state index is 12.7. The summed E-state index contributed by atoms with van der Waals surface area (Å²) in [6.45, 7) is 10.6. The van der Waals surface area contributed by atoms with Gasteiger partial charge in [0, 0.05) is 56.7 Å². The van der Waals surface area contributed by atoms with Gasteiger partial charge in [0.1, 0.15) is 11.6 Å². The van der Waals surface area contributed by atoms with E-state index >= 15 is 0 Å². The Balaban J connectivity index is 1.53. The largest absolute Gasteiger partial charge is 0.382 e. The first-order chi connectivity index (χ1) is 15.0. The van der Waals surface area contributed by atoms with Gasteiger partial charge < -0.3 is 24.6 Å². The molecule has 168 valence electrons. The fourth-order valence-corrected chi connectivity index (χ4v) is 3.41. The topological polar surface area (TPSA) is 79.8 Å². The zero-order valence-electron chi connectivity index (χ0n) is 18.9. The van der Waals surface area contributed by atoms with E-state index in [0.29, 0.717) is 32.9 Å². The van der Waals surface area contributed by atoms with Crippen LogP contribution in [0.4, 0.5) is 16.3 Å². The lowest BCUT2D eigenvalue weighted by Gasteiger charge is -2.35. The highest BCUT2D eigenvalue weighted by Crippen LogP contribution is 2.19. The molecule has 3 rings (SSSR count). The molecule has 0 unspecified atom stereocenters. The van der Waals surface area contributed by atoms with Gasteiger partial charge in [-0.25, -0.2) is 14.8 Å². The molecule has 1 N–H and O–H groups in total. The number of hydrogen-bond acceptors (Lipinski definition) is 6. The van der Waals surface area contributed by atoms with Crippen LogP contribution >= 0.6 is 0 Å². The first-order valence-electron chi connectivity index (χ1n) is 10.8. The molecule has 0 atom stereocenters. The quantitative estimate of drug-likeness (QED) is 0.650. The predicted octanol–water partition coefficient (Wildman–Crippen LogP) is 3.43. The van der Waals surface area contributed by atoms with Crippen LogP contribution in [0.3, 0.4) is 0 Å². The second-order valence-electron chi connectivity index (χ2n) is 8.03. The highest BCUT2D eigenvalue weighted by molar-refractivity contribution is 5.89. The smallest absolute Gasteiger partial charge is 0.321 e. The second kappa shape index (κ2) is 11.1. The van der Waals surface area contributed by atoms with E-state index in [1.807, 2.05) is 42.2 Å². The molecule has 1 aliphatic rings. The average molecular weight is 428 g/mol. The summed E-state index contributed by atoms with van der Waals surface area (Å²) in [6.07, 6.45) is 0. The van der Waals surface area contributed by atoms with Gasteiger partial charge >= 0.3 is 6.03 Å². The number of aromatic nitrogens is 2. The Morgan fingerprint density at radius 2 is 1.90 bits per heavy atom. The van der Waals surface area contributed by atoms with Crippen molar-refractivity contribution in [1.82, 2.24) is 14.9 Å². The lowest BCUT2D eigenvalue weighted by atomic mass is 10.2. The number of carbonyl (C=O) groups is 1. The van der Waals surface area contributed by atoms with E-state index in [1.54, 1.807) is 7.11 Å². The number of urea groups is 1. The summed E-state index contributed by atoms with van der Waals surface area (Å²) in [7, 11) is 1.65. The molecule has 2 aromatic rings. The molecule has 1 aromatic carbocycles. The molecule has 1 fully saturated rings. The molecule has 2 amide bonds. The summed E-state index contributed by atoms with van der Waals surface area (Å²) >= 11 is 0. The number of carbonyl (C=O) groups excluding carboxylic acids is 1. The van der Waals surface area contributed by atoms with Gasteiger partial charge in [-0.1, -0.05) is 26.0 Å². The van der Waals surface area contributed by atoms with E-state index in [9.17, 15) is 4.79 Å². The third kappa shape index (κ3) is 6.63. The van der Waals surface area contributed by atoms with Gasteiger partial charge in [-0.3, -0.25) is 0 Å². The Hall–Kier alpha value is -2.71. The number of anilines is 2. The number of aryl methyl sites for hydroxylation is 1. The van der Waals surface area contributed by atoms with Gasteiger partial charge in [-0.15, -0.1) is 0 Å². The SMILES string of the molecule is COCCOCc1cccc(NC(=O)N2CCN(c3cc(C)nc(C(C)C)n3)CC2)c1. The summed E-state index contributed by atoms with van der Waals surface area (Å²) < 4.78 is 10.5. The minimum absolute atomic E-state index is 0.0844. The van der Waals surface area contributed by atoms with Crippen molar-refractivity contribution in [3.8, 4) is 0 Å². The van der Waals surface area contributed by atoms with Gasteiger partial charge in [0.25, 0.3) is 0 Å². The summed E-state index contributed by atoms with van der Waals surface area (Å²) in [5.41, 5.74) is 2.76. The zero-order chi connectivity index (χ0) is 22.2. The zero-order valence-corrected chi connectivity index (χ0v) is 18.9. The number of amides is 2. The van der Waals surface area contributed by atoms with Crippen LogP contribution < -0.4 is 10.2 Å². The molecule has 2 heterocycles. The number of methoxy groups -OCH3 is 1. The first kappa shape index (κ1) is 23.0. The second-order valence-corrected chi connectivity index (χ2v) is 8.03. The number of ether oxygens (including phenoxy) is 2. The van der Waals surface area contributed by atoms with Gasteiger partial charge in [0.15, 0.2) is 0 Å². The van der Waals surface area contributed by atoms with E-state index < -0.39 is 0 Å². The number of benzene rings is 1. The third-order valence-corrected chi connectivity index (χ3v) is 5.14. The number of nitrogens with one attached hydrogen (secondary N) is 1. The summed E-state index contributed by atoms with van der Waals surface area (Å²) in [6, 6.07) is 9.67. The van der Waals surface area contributed by atoms with Crippen molar-refractivity contribution < 1.29 is 14.3 Å². The minimum Gasteiger partial charge on any atom is -0.382 e. The van der Waals surface area contributed by atoms with Crippen LogP contribution in [-0.2, 0) is 16.1 Å². The first-order valence-corrected chi connectivity index (χ1v) is 10.8. The standard InChI is InChI=1S/C23H33N5O3/c1-17(2)22-24-18(3)14-21(26-22)27-8-10-28(11-9-27)23(29)25-20-7-5-6-19(15-20)16-31-13-12-30-4/h5-7,14-15,17H,8-13,16H2,1-4H3,(H,25,29). The van der Waals surface area contributed by atoms with Gasteiger partial charge in [0.2, 0.25) is 0 Å². The Morgan fingerprint density at radius 1 is 1.13 bits per heavy atom. The lowest BCUT2D eigenvalue weighted by molar-refractivity contribution is 0.0617. The molecule has 8 nitrogen and oxygen atoms in total. The summed E-state index contributed by atoms with van der Waals surface area (Å²) in [5, 5.41) is 3.00. The average Bonchev–Trinajstić information content (AvgIpc) is 2.76. The fraction of sp³-hybridized carbons (Fsp3) is 0.522. The van der Waals surface area contributed by atoms with Crippen molar-refractivity contribution in [1.29, 1.82) is 0 Å². The van der Waals surface area contributed by atoms with Crippen LogP contribution in [0.1, 0.15) is 36.8 Å². The highest BCUT2D eigenvalue weighted by Gasteiger charge is 2.23. The van der Waals surface area contributed by atoms with E-state index in [4.69, 9.17) is 14.5 Å². The molecule has 31 heavy (non-hydrogen) atoms. The van der Waals surface area contributed by atoms with E-state index in [2.05, 4.69) is 29.0 Å². The van der Waals surface area contributed by atoms with Crippen molar-refractivity contribution in [2.75, 3.05) is 56.7 Å². The van der Waals surface area contributed by atoms with Crippen LogP contribution in [0.15, 0.2) is 30.3 Å². The maximum Gasteiger partial charge on any atom is 0.321 e. The predicted molar refractivity (Wildman–Crippen MR) is 122 cm³/mol. The Kier molecular flexibility index (Phi) is 8.20. The maximum absolute atomic E-state index is 12.7. The molecule has 0 spiro atoms. The van der Waals surface area contributed by atoms with Crippen LogP contribution in [0.2, 0.25) is 0 Å². The van der Waals surface area contributed by atoms with Gasteiger partial charge in [0.05, 0.1) is 19.8 Å². The third-order valence-electron chi connectivity index (χ3n) is 5.14. The normalized spacial score (nSPS) is 14.2. The molecule has 0 saturated carbocycles. The number of rotatable bonds is 8. The van der Waals surface area contributed by atoms with Crippen molar-refractivity contribution in [2.24, 2.45) is 0 Å². The molecule has 1 aromatic heterocycles. The van der Waals surface area contributed by atoms with Crippen LogP contribution in [0.25, 0.3) is 0 Å². The van der Waals surface area contributed by atoms with Gasteiger partial charge in [-0.05, 0) is 24.6 Å². The molecule has 0 aliphatic carbocycles. The molecular weight excluding hydrogens is 394 g/mol. The van der Waals surface area contributed by atoms with E-state index in [-0.39, 0.29) is 11.9 Å². The van der Waals surface area contributed by atoms with E-state index in [0.717, 1.165) is 41.7 Å². The highest BCUT2D eigenvalue weighted by atomic mass is 16.5. The monoisotopic (exact) mass is 427 g/mol. The van der Waals surface area contributed by atoms with Crippen molar-refractivity contribution in [3.05, 3.63) is 47.4 Å². The minimum atomic E-state index is -0.0844. The number of piperazine rings is 1. The summed E-state index contributed by atoms with van der Waals surface area (Å²) in [5.74, 6) is 2.09. The Morgan fingerprint density at radius 3 is 2.61 bits per heavy atom. The molecule has 0 radical (unpaired) electrons. The fourth-order valence-electron chi connectivity index (χ4n) is 3.41. The van der Waals surface area contributed by atoms with Crippen LogP contribution in [0, 0.1) is 6.92 Å². The molecule has 1 saturated heterocycles. The Bertz CT molecular complexity index is 866. The van der Waals surface area contributed by atoms with Gasteiger partial charge in [-0.2, -0.15) is 0 Å². The Labute approximate surface area is 184 Å². The van der Waals surface area contributed by atoms with Crippen LogP contribution in [0.5, 0.6) is 0 Å². The molecule has 1 aliphatic heterocycles. The number of hydrogen-bond donors (Lipinski definition) is 1. The summed E-state index contributed by atoms with van der Waals surface area (Å²) in [4.78, 5) is 26.1.